The average Bonchev–Trinajstić information content (AvgIpc) is 2.90. The second-order valence-corrected chi connectivity index (χ2v) is 5.14. The first kappa shape index (κ1) is 17.7. The number of carbonyl (C=O) groups excluding carboxylic acids is 1. The van der Waals surface area contributed by atoms with Crippen LogP contribution in [0, 0.1) is 12.7 Å². The lowest BCUT2D eigenvalue weighted by Gasteiger charge is -2.13. The molecule has 0 saturated carbocycles. The van der Waals surface area contributed by atoms with Gasteiger partial charge in [0.1, 0.15) is 18.7 Å². The third-order valence-electron chi connectivity index (χ3n) is 3.30. The van der Waals surface area contributed by atoms with E-state index in [2.05, 4.69) is 15.5 Å². The van der Waals surface area contributed by atoms with Gasteiger partial charge in [-0.1, -0.05) is 0 Å². The Bertz CT molecular complexity index is 741. The van der Waals surface area contributed by atoms with E-state index in [-0.39, 0.29) is 23.4 Å². The Hall–Kier alpha value is -2.65. The van der Waals surface area contributed by atoms with Crippen LogP contribution in [-0.2, 0) is 13.6 Å². The van der Waals surface area contributed by atoms with Crippen LogP contribution in [0.2, 0.25) is 0 Å². The van der Waals surface area contributed by atoms with Gasteiger partial charge in [0.25, 0.3) is 5.91 Å². The molecule has 2 N–H and O–H groups in total. The third-order valence-corrected chi connectivity index (χ3v) is 3.30. The summed E-state index contributed by atoms with van der Waals surface area (Å²) < 4.78 is 52.1. The molecule has 0 atom stereocenters. The number of hydrogen-bond acceptors (Lipinski definition) is 4. The summed E-state index contributed by atoms with van der Waals surface area (Å²) in [5.41, 5.74) is 0.322. The van der Waals surface area contributed by atoms with Crippen molar-refractivity contribution in [2.75, 3.05) is 11.9 Å². The minimum Gasteiger partial charge on any atom is -0.377 e. The number of aromatic nitrogens is 3. The standard InChI is InChI=1S/C14H15F4N5O/c1-8-10(15)3-9(13(24)20-6-14(16,17)18)4-11(8)19-5-12-22-21-7-23(12)2/h3-4,7,19H,5-6H2,1-2H3,(H,20,24). The number of benzene rings is 1. The molecule has 10 heteroatoms. The molecule has 1 heterocycles. The van der Waals surface area contributed by atoms with E-state index in [1.807, 2.05) is 0 Å². The van der Waals surface area contributed by atoms with E-state index in [9.17, 15) is 22.4 Å². The highest BCUT2D eigenvalue weighted by Gasteiger charge is 2.28. The monoisotopic (exact) mass is 345 g/mol. The predicted octanol–water partition coefficient (Wildman–Crippen LogP) is 2.17. The quantitative estimate of drug-likeness (QED) is 0.815. The fourth-order valence-electron chi connectivity index (χ4n) is 1.92. The van der Waals surface area contributed by atoms with E-state index in [1.54, 1.807) is 16.9 Å². The number of rotatable bonds is 5. The Kier molecular flexibility index (Phi) is 5.05. The molecule has 1 aromatic heterocycles. The van der Waals surface area contributed by atoms with Crippen molar-refractivity contribution < 1.29 is 22.4 Å². The van der Waals surface area contributed by atoms with Crippen LogP contribution >= 0.6 is 0 Å². The van der Waals surface area contributed by atoms with Gasteiger partial charge in [-0.05, 0) is 19.1 Å². The summed E-state index contributed by atoms with van der Waals surface area (Å²) in [6.45, 7) is 0.221. The highest BCUT2D eigenvalue weighted by molar-refractivity contribution is 5.95. The van der Waals surface area contributed by atoms with Crippen molar-refractivity contribution in [3.63, 3.8) is 0 Å². The molecule has 24 heavy (non-hydrogen) atoms. The number of carbonyl (C=O) groups is 1. The van der Waals surface area contributed by atoms with Gasteiger partial charge in [0.15, 0.2) is 5.82 Å². The molecule has 0 aliphatic carbocycles. The molecule has 2 rings (SSSR count). The molecular formula is C14H15F4N5O. The summed E-state index contributed by atoms with van der Waals surface area (Å²) in [7, 11) is 1.73. The predicted molar refractivity (Wildman–Crippen MR) is 77.9 cm³/mol. The summed E-state index contributed by atoms with van der Waals surface area (Å²) in [4.78, 5) is 11.8. The molecule has 0 bridgehead atoms. The van der Waals surface area contributed by atoms with Gasteiger partial charge in [0.2, 0.25) is 0 Å². The first-order valence-corrected chi connectivity index (χ1v) is 6.89. The molecule has 0 aliphatic heterocycles. The van der Waals surface area contributed by atoms with E-state index >= 15 is 0 Å². The van der Waals surface area contributed by atoms with Crippen LogP contribution in [0.15, 0.2) is 18.5 Å². The minimum atomic E-state index is -4.54. The van der Waals surface area contributed by atoms with Crippen molar-refractivity contribution in [3.05, 3.63) is 41.2 Å². The number of aryl methyl sites for hydroxylation is 1. The van der Waals surface area contributed by atoms with Crippen molar-refractivity contribution in [3.8, 4) is 0 Å². The number of nitrogens with one attached hydrogen (secondary N) is 2. The number of halogens is 4. The van der Waals surface area contributed by atoms with Crippen molar-refractivity contribution in [2.24, 2.45) is 7.05 Å². The van der Waals surface area contributed by atoms with Gasteiger partial charge in [0, 0.05) is 23.9 Å². The largest absolute Gasteiger partial charge is 0.405 e. The Morgan fingerprint density at radius 2 is 2.04 bits per heavy atom. The molecule has 1 aromatic carbocycles. The lowest BCUT2D eigenvalue weighted by atomic mass is 10.1. The first-order valence-electron chi connectivity index (χ1n) is 6.89. The van der Waals surface area contributed by atoms with Crippen LogP contribution in [0.3, 0.4) is 0 Å². The van der Waals surface area contributed by atoms with Crippen molar-refractivity contribution in [1.82, 2.24) is 20.1 Å². The van der Waals surface area contributed by atoms with Crippen LogP contribution in [-0.4, -0.2) is 33.4 Å². The van der Waals surface area contributed by atoms with Gasteiger partial charge in [-0.15, -0.1) is 10.2 Å². The van der Waals surface area contributed by atoms with Gasteiger partial charge in [0.05, 0.1) is 6.54 Å². The summed E-state index contributed by atoms with van der Waals surface area (Å²) in [5, 5.41) is 12.2. The van der Waals surface area contributed by atoms with Crippen molar-refractivity contribution in [1.29, 1.82) is 0 Å². The Labute approximate surface area is 134 Å². The number of amides is 1. The number of anilines is 1. The van der Waals surface area contributed by atoms with Crippen LogP contribution in [0.4, 0.5) is 23.2 Å². The summed E-state index contributed by atoms with van der Waals surface area (Å²) in [6.07, 6.45) is -3.04. The topological polar surface area (TPSA) is 71.8 Å². The summed E-state index contributed by atoms with van der Waals surface area (Å²) >= 11 is 0. The van der Waals surface area contributed by atoms with Crippen LogP contribution in [0.1, 0.15) is 21.7 Å². The number of alkyl halides is 3. The van der Waals surface area contributed by atoms with Crippen LogP contribution in [0.5, 0.6) is 0 Å². The molecule has 0 aliphatic rings. The number of hydrogen-bond donors (Lipinski definition) is 2. The lowest BCUT2D eigenvalue weighted by Crippen LogP contribution is -2.33. The zero-order chi connectivity index (χ0) is 17.9. The van der Waals surface area contributed by atoms with Gasteiger partial charge >= 0.3 is 6.18 Å². The van der Waals surface area contributed by atoms with E-state index in [4.69, 9.17) is 0 Å². The first-order chi connectivity index (χ1) is 11.2. The maximum Gasteiger partial charge on any atom is 0.405 e. The second kappa shape index (κ2) is 6.85. The molecule has 0 spiro atoms. The minimum absolute atomic E-state index is 0.206. The maximum absolute atomic E-state index is 13.9. The third kappa shape index (κ3) is 4.43. The second-order valence-electron chi connectivity index (χ2n) is 5.14. The zero-order valence-corrected chi connectivity index (χ0v) is 12.9. The fourth-order valence-corrected chi connectivity index (χ4v) is 1.92. The smallest absolute Gasteiger partial charge is 0.377 e. The van der Waals surface area contributed by atoms with Crippen molar-refractivity contribution >= 4 is 11.6 Å². The van der Waals surface area contributed by atoms with Gasteiger partial charge in [-0.3, -0.25) is 4.79 Å². The summed E-state index contributed by atoms with van der Waals surface area (Å²) in [5.74, 6) is -1.13. The van der Waals surface area contributed by atoms with Gasteiger partial charge in [-0.25, -0.2) is 4.39 Å². The van der Waals surface area contributed by atoms with Crippen LogP contribution < -0.4 is 10.6 Å². The van der Waals surface area contributed by atoms with E-state index in [1.165, 1.54) is 19.3 Å². The fraction of sp³-hybridized carbons (Fsp3) is 0.357. The SMILES string of the molecule is Cc1c(F)cc(C(=O)NCC(F)(F)F)cc1NCc1nncn1C. The molecule has 0 saturated heterocycles. The Balaban J connectivity index is 2.15. The average molecular weight is 345 g/mol. The normalized spacial score (nSPS) is 11.4. The molecular weight excluding hydrogens is 330 g/mol. The molecule has 0 fully saturated rings. The number of nitrogens with zero attached hydrogens (tertiary/aromatic N) is 3. The lowest BCUT2D eigenvalue weighted by molar-refractivity contribution is -0.123. The Morgan fingerprint density at radius 3 is 2.62 bits per heavy atom. The van der Waals surface area contributed by atoms with Gasteiger partial charge in [-0.2, -0.15) is 13.2 Å². The molecule has 0 radical (unpaired) electrons. The van der Waals surface area contributed by atoms with E-state index < -0.39 is 24.4 Å². The zero-order valence-electron chi connectivity index (χ0n) is 12.9. The highest BCUT2D eigenvalue weighted by atomic mass is 19.4. The maximum atomic E-state index is 13.9. The molecule has 1 amide bonds. The van der Waals surface area contributed by atoms with Gasteiger partial charge < -0.3 is 15.2 Å². The molecule has 6 nitrogen and oxygen atoms in total. The van der Waals surface area contributed by atoms with E-state index in [0.717, 1.165) is 6.07 Å². The molecule has 130 valence electrons. The van der Waals surface area contributed by atoms with Crippen molar-refractivity contribution in [2.45, 2.75) is 19.6 Å². The van der Waals surface area contributed by atoms with Crippen LogP contribution in [0.25, 0.3) is 0 Å². The Morgan fingerprint density at radius 1 is 1.33 bits per heavy atom. The summed E-state index contributed by atoms with van der Waals surface area (Å²) in [6, 6.07) is 2.19. The molecule has 2 aromatic rings. The molecule has 0 unspecified atom stereocenters. The van der Waals surface area contributed by atoms with E-state index in [0.29, 0.717) is 5.82 Å². The highest BCUT2D eigenvalue weighted by Crippen LogP contribution is 2.22.